The van der Waals surface area contributed by atoms with Crippen LogP contribution in [0.3, 0.4) is 0 Å². The molecular formula is C27H34N6O8. The van der Waals surface area contributed by atoms with Gasteiger partial charge in [0.25, 0.3) is 0 Å². The van der Waals surface area contributed by atoms with E-state index in [1.807, 2.05) is 0 Å². The van der Waals surface area contributed by atoms with Crippen molar-refractivity contribution < 1.29 is 39.0 Å². The van der Waals surface area contributed by atoms with Crippen LogP contribution in [0.5, 0.6) is 5.75 Å². The highest BCUT2D eigenvalue weighted by atomic mass is 16.4. The maximum Gasteiger partial charge on any atom is 0.326 e. The molecule has 0 aliphatic rings. The van der Waals surface area contributed by atoms with Crippen molar-refractivity contribution in [2.45, 2.75) is 56.3 Å². The lowest BCUT2D eigenvalue weighted by Gasteiger charge is -2.24. The number of hydrogen-bond acceptors (Lipinski definition) is 8. The van der Waals surface area contributed by atoms with Gasteiger partial charge in [0.1, 0.15) is 23.9 Å². The molecule has 2 aromatic rings. The van der Waals surface area contributed by atoms with Crippen molar-refractivity contribution in [2.75, 3.05) is 0 Å². The van der Waals surface area contributed by atoms with Crippen LogP contribution in [0, 0.1) is 0 Å². The molecule has 0 bridgehead atoms. The lowest BCUT2D eigenvalue weighted by molar-refractivity contribution is -0.142. The van der Waals surface area contributed by atoms with Gasteiger partial charge in [0.2, 0.25) is 29.5 Å². The van der Waals surface area contributed by atoms with Crippen molar-refractivity contribution in [3.8, 4) is 5.75 Å². The van der Waals surface area contributed by atoms with Crippen molar-refractivity contribution in [1.82, 2.24) is 16.0 Å². The second kappa shape index (κ2) is 15.6. The first-order valence-electron chi connectivity index (χ1n) is 12.6. The van der Waals surface area contributed by atoms with Gasteiger partial charge in [-0.05, 0) is 36.1 Å². The molecule has 4 atom stereocenters. The van der Waals surface area contributed by atoms with E-state index in [1.54, 1.807) is 30.3 Å². The maximum absolute atomic E-state index is 13.1. The fourth-order valence-electron chi connectivity index (χ4n) is 3.82. The van der Waals surface area contributed by atoms with Crippen LogP contribution in [0.2, 0.25) is 0 Å². The van der Waals surface area contributed by atoms with Crippen LogP contribution in [-0.2, 0) is 41.6 Å². The zero-order valence-electron chi connectivity index (χ0n) is 22.1. The average Bonchev–Trinajstić information content (AvgIpc) is 2.91. The van der Waals surface area contributed by atoms with Crippen LogP contribution in [-0.4, -0.2) is 69.9 Å². The Kier molecular flexibility index (Phi) is 12.2. The first-order valence-corrected chi connectivity index (χ1v) is 12.6. The Morgan fingerprint density at radius 3 is 1.78 bits per heavy atom. The van der Waals surface area contributed by atoms with Gasteiger partial charge in [-0.15, -0.1) is 0 Å². The zero-order chi connectivity index (χ0) is 30.5. The smallest absolute Gasteiger partial charge is 0.326 e. The molecule has 2 rings (SSSR count). The minimum atomic E-state index is -1.52. The fraction of sp³-hybridized carbons (Fsp3) is 0.333. The molecule has 5 amide bonds. The van der Waals surface area contributed by atoms with Gasteiger partial charge in [-0.2, -0.15) is 0 Å². The summed E-state index contributed by atoms with van der Waals surface area (Å²) in [6.07, 6.45) is -1.29. The second-order valence-electron chi connectivity index (χ2n) is 9.36. The fourth-order valence-corrected chi connectivity index (χ4v) is 3.82. The van der Waals surface area contributed by atoms with E-state index in [2.05, 4.69) is 16.0 Å². The third kappa shape index (κ3) is 11.3. The number of phenols is 1. The predicted molar refractivity (Wildman–Crippen MR) is 146 cm³/mol. The molecule has 0 fully saturated rings. The summed E-state index contributed by atoms with van der Waals surface area (Å²) in [4.78, 5) is 73.7. The number of hydrogen-bond donors (Lipinski definition) is 8. The lowest BCUT2D eigenvalue weighted by atomic mass is 10.0. The third-order valence-corrected chi connectivity index (χ3v) is 5.98. The lowest BCUT2D eigenvalue weighted by Crippen LogP contribution is -2.58. The Bertz CT molecular complexity index is 1240. The van der Waals surface area contributed by atoms with Crippen molar-refractivity contribution in [1.29, 1.82) is 0 Å². The van der Waals surface area contributed by atoms with Crippen LogP contribution >= 0.6 is 0 Å². The molecule has 11 N–H and O–H groups in total. The van der Waals surface area contributed by atoms with Crippen molar-refractivity contribution in [3.63, 3.8) is 0 Å². The van der Waals surface area contributed by atoms with Gasteiger partial charge in [0.15, 0.2) is 0 Å². The van der Waals surface area contributed by atoms with Gasteiger partial charge >= 0.3 is 5.97 Å². The number of carboxylic acid groups (broad SMARTS) is 1. The highest BCUT2D eigenvalue weighted by Crippen LogP contribution is 2.12. The minimum Gasteiger partial charge on any atom is -0.508 e. The van der Waals surface area contributed by atoms with Gasteiger partial charge in [-0.3, -0.25) is 24.0 Å². The Labute approximate surface area is 235 Å². The molecule has 0 radical (unpaired) electrons. The number of amides is 5. The van der Waals surface area contributed by atoms with Crippen LogP contribution < -0.4 is 33.2 Å². The van der Waals surface area contributed by atoms with E-state index in [0.29, 0.717) is 5.56 Å². The number of aromatic hydroxyl groups is 1. The van der Waals surface area contributed by atoms with E-state index < -0.39 is 66.1 Å². The maximum atomic E-state index is 13.1. The van der Waals surface area contributed by atoms with Gasteiger partial charge in [0, 0.05) is 12.8 Å². The normalized spacial score (nSPS) is 13.6. The monoisotopic (exact) mass is 570 g/mol. The Balaban J connectivity index is 2.16. The van der Waals surface area contributed by atoms with Crippen molar-refractivity contribution in [2.24, 2.45) is 17.2 Å². The van der Waals surface area contributed by atoms with Crippen molar-refractivity contribution >= 4 is 35.5 Å². The molecule has 0 aliphatic carbocycles. The minimum absolute atomic E-state index is 0.0301. The number of carboxylic acids is 1. The molecule has 0 saturated heterocycles. The zero-order valence-corrected chi connectivity index (χ0v) is 22.1. The number of nitrogens with two attached hydrogens (primary N) is 3. The summed E-state index contributed by atoms with van der Waals surface area (Å²) in [6.45, 7) is 0. The molecule has 14 nitrogen and oxygen atoms in total. The topological polar surface area (TPSA) is 257 Å². The first kappa shape index (κ1) is 32.2. The molecule has 0 heterocycles. The third-order valence-electron chi connectivity index (χ3n) is 5.98. The molecule has 4 unspecified atom stereocenters. The molecule has 0 spiro atoms. The van der Waals surface area contributed by atoms with Gasteiger partial charge in [-0.25, -0.2) is 4.79 Å². The molecule has 2 aromatic carbocycles. The van der Waals surface area contributed by atoms with Gasteiger partial charge in [-0.1, -0.05) is 42.5 Å². The summed E-state index contributed by atoms with van der Waals surface area (Å²) in [5, 5.41) is 26.1. The van der Waals surface area contributed by atoms with E-state index in [4.69, 9.17) is 17.2 Å². The summed E-state index contributed by atoms with van der Waals surface area (Å²) in [7, 11) is 0. The summed E-state index contributed by atoms with van der Waals surface area (Å²) in [6, 6.07) is 9.01. The number of nitrogens with one attached hydrogen (secondary N) is 3. The SMILES string of the molecule is NC(=O)CCC(NC(=O)C(CC(N)=O)NC(=O)C(N)Cc1ccccc1)C(=O)NC(Cc1ccc(O)cc1)C(=O)O. The van der Waals surface area contributed by atoms with E-state index >= 15 is 0 Å². The van der Waals surface area contributed by atoms with Crippen LogP contribution in [0.15, 0.2) is 54.6 Å². The predicted octanol–water partition coefficient (Wildman–Crippen LogP) is -1.82. The first-order chi connectivity index (χ1) is 19.3. The van der Waals surface area contributed by atoms with Gasteiger partial charge < -0.3 is 43.4 Å². The number of rotatable bonds is 16. The number of benzene rings is 2. The van der Waals surface area contributed by atoms with Crippen LogP contribution in [0.25, 0.3) is 0 Å². The Morgan fingerprint density at radius 1 is 0.683 bits per heavy atom. The van der Waals surface area contributed by atoms with Crippen LogP contribution in [0.1, 0.15) is 30.4 Å². The molecule has 220 valence electrons. The molecule has 14 heteroatoms. The number of phenolic OH excluding ortho intramolecular Hbond substituents is 1. The molecule has 0 aromatic heterocycles. The highest BCUT2D eigenvalue weighted by Gasteiger charge is 2.31. The average molecular weight is 571 g/mol. The number of primary amides is 2. The standard InChI is InChI=1S/C27H34N6O8/c28-18(12-15-4-2-1-3-5-15)24(37)32-20(14-23(30)36)26(39)31-19(10-11-22(29)35)25(38)33-21(27(40)41)13-16-6-8-17(34)9-7-16/h1-9,18-21,34H,10-14,28H2,(H2,29,35)(H2,30,36)(H,31,39)(H,32,37)(H,33,38)(H,40,41). The number of carbonyl (C=O) groups excluding carboxylic acids is 5. The molecular weight excluding hydrogens is 536 g/mol. The summed E-state index contributed by atoms with van der Waals surface area (Å²) >= 11 is 0. The second-order valence-corrected chi connectivity index (χ2v) is 9.36. The van der Waals surface area contributed by atoms with E-state index in [1.165, 1.54) is 24.3 Å². The number of carbonyl (C=O) groups is 6. The van der Waals surface area contributed by atoms with E-state index in [9.17, 15) is 39.0 Å². The molecule has 0 saturated carbocycles. The Hall–Kier alpha value is -4.98. The van der Waals surface area contributed by atoms with E-state index in [-0.39, 0.29) is 31.4 Å². The quantitative estimate of drug-likeness (QED) is 0.113. The van der Waals surface area contributed by atoms with Crippen molar-refractivity contribution in [3.05, 3.63) is 65.7 Å². The molecule has 0 aliphatic heterocycles. The van der Waals surface area contributed by atoms with Crippen LogP contribution in [0.4, 0.5) is 0 Å². The van der Waals surface area contributed by atoms with Gasteiger partial charge in [0.05, 0.1) is 12.5 Å². The number of aliphatic carboxylic acids is 1. The highest BCUT2D eigenvalue weighted by molar-refractivity contribution is 5.96. The van der Waals surface area contributed by atoms with E-state index in [0.717, 1.165) is 5.56 Å². The summed E-state index contributed by atoms with van der Waals surface area (Å²) in [5.74, 6) is -5.82. The summed E-state index contributed by atoms with van der Waals surface area (Å²) in [5.41, 5.74) is 17.7. The Morgan fingerprint density at radius 2 is 1.22 bits per heavy atom. The summed E-state index contributed by atoms with van der Waals surface area (Å²) < 4.78 is 0. The largest absolute Gasteiger partial charge is 0.508 e. The molecule has 41 heavy (non-hydrogen) atoms.